The first-order chi connectivity index (χ1) is 7.94. The maximum absolute atomic E-state index is 11.6. The van der Waals surface area contributed by atoms with Crippen LogP contribution in [-0.2, 0) is 21.4 Å². The van der Waals surface area contributed by atoms with Gasteiger partial charge in [0.15, 0.2) is 0 Å². The van der Waals surface area contributed by atoms with Gasteiger partial charge in [0, 0.05) is 31.3 Å². The summed E-state index contributed by atoms with van der Waals surface area (Å²) in [6.45, 7) is 0.795. The Hall–Kier alpha value is -1.41. The fourth-order valence-electron chi connectivity index (χ4n) is 2.01. The molecule has 7 nitrogen and oxygen atoms in total. The number of H-pyrrole nitrogens is 1. The molecule has 1 fully saturated rings. The van der Waals surface area contributed by atoms with Gasteiger partial charge < -0.3 is 9.88 Å². The third kappa shape index (κ3) is 3.27. The van der Waals surface area contributed by atoms with E-state index in [9.17, 15) is 13.2 Å². The van der Waals surface area contributed by atoms with Gasteiger partial charge in [0.25, 0.3) is 0 Å². The highest BCUT2D eigenvalue weighted by molar-refractivity contribution is 7.89. The lowest BCUT2D eigenvalue weighted by Gasteiger charge is -2.14. The van der Waals surface area contributed by atoms with E-state index in [0.717, 1.165) is 0 Å². The molecule has 0 bridgehead atoms. The lowest BCUT2D eigenvalue weighted by molar-refractivity contribution is -0.128. The van der Waals surface area contributed by atoms with Crippen LogP contribution in [0.3, 0.4) is 0 Å². The molecule has 1 atom stereocenters. The Kier molecular flexibility index (Phi) is 3.16. The maximum Gasteiger partial charge on any atom is 0.223 e. The van der Waals surface area contributed by atoms with Gasteiger partial charge in [-0.2, -0.15) is 0 Å². The molecule has 1 saturated heterocycles. The van der Waals surface area contributed by atoms with Crippen molar-refractivity contribution in [2.75, 3.05) is 12.3 Å². The van der Waals surface area contributed by atoms with E-state index in [1.165, 1.54) is 0 Å². The topological polar surface area (TPSA) is 109 Å². The average molecular weight is 258 g/mol. The number of carbonyl (C=O) groups is 1. The van der Waals surface area contributed by atoms with E-state index in [2.05, 4.69) is 9.97 Å². The molecule has 17 heavy (non-hydrogen) atoms. The fraction of sp³-hybridized carbons (Fsp3) is 0.556. The minimum absolute atomic E-state index is 0.0601. The molecule has 1 aromatic heterocycles. The minimum Gasteiger partial charge on any atom is -0.347 e. The highest BCUT2D eigenvalue weighted by Crippen LogP contribution is 2.20. The molecule has 8 heteroatoms. The van der Waals surface area contributed by atoms with E-state index in [1.54, 1.807) is 17.3 Å². The Balaban J connectivity index is 1.96. The average Bonchev–Trinajstić information content (AvgIpc) is 2.75. The van der Waals surface area contributed by atoms with Crippen LogP contribution in [0, 0.1) is 5.92 Å². The van der Waals surface area contributed by atoms with Crippen LogP contribution in [-0.4, -0.2) is 41.5 Å². The number of amides is 1. The number of primary sulfonamides is 1. The molecule has 0 aliphatic carbocycles. The molecule has 2 heterocycles. The molecule has 1 aliphatic rings. The Labute approximate surface area is 99.1 Å². The van der Waals surface area contributed by atoms with Gasteiger partial charge in [0.05, 0.1) is 12.3 Å². The number of aromatic amines is 1. The monoisotopic (exact) mass is 258 g/mol. The summed E-state index contributed by atoms with van der Waals surface area (Å²) in [5.74, 6) is 0.269. The smallest absolute Gasteiger partial charge is 0.223 e. The van der Waals surface area contributed by atoms with Gasteiger partial charge in [-0.05, 0) is 0 Å². The van der Waals surface area contributed by atoms with Crippen LogP contribution >= 0.6 is 0 Å². The van der Waals surface area contributed by atoms with Gasteiger partial charge in [-0.1, -0.05) is 0 Å². The van der Waals surface area contributed by atoms with Gasteiger partial charge in [0.2, 0.25) is 15.9 Å². The van der Waals surface area contributed by atoms with E-state index < -0.39 is 10.0 Å². The summed E-state index contributed by atoms with van der Waals surface area (Å²) in [5, 5.41) is 4.97. The molecule has 1 amide bonds. The third-order valence-corrected chi connectivity index (χ3v) is 3.59. The molecule has 1 aliphatic heterocycles. The van der Waals surface area contributed by atoms with Gasteiger partial charge in [-0.25, -0.2) is 18.5 Å². The van der Waals surface area contributed by atoms with Crippen LogP contribution in [0.2, 0.25) is 0 Å². The molecule has 3 N–H and O–H groups in total. The Bertz CT molecular complexity index is 496. The Morgan fingerprint density at radius 2 is 2.35 bits per heavy atom. The van der Waals surface area contributed by atoms with E-state index in [0.29, 0.717) is 18.9 Å². The molecule has 1 aromatic rings. The van der Waals surface area contributed by atoms with Crippen LogP contribution < -0.4 is 5.14 Å². The zero-order valence-corrected chi connectivity index (χ0v) is 9.98. The molecule has 2 rings (SSSR count). The van der Waals surface area contributed by atoms with Crippen molar-refractivity contribution < 1.29 is 13.2 Å². The summed E-state index contributed by atoms with van der Waals surface area (Å²) in [6.07, 6.45) is 3.52. The lowest BCUT2D eigenvalue weighted by Crippen LogP contribution is -2.27. The molecular formula is C9H14N4O3S. The number of rotatable bonds is 4. The molecule has 0 saturated carbocycles. The summed E-state index contributed by atoms with van der Waals surface area (Å²) >= 11 is 0. The normalized spacial score (nSPS) is 21.1. The number of aromatic nitrogens is 2. The van der Waals surface area contributed by atoms with Crippen LogP contribution in [0.5, 0.6) is 0 Å². The third-order valence-electron chi connectivity index (χ3n) is 2.66. The van der Waals surface area contributed by atoms with Crippen LogP contribution in [0.1, 0.15) is 12.2 Å². The fourth-order valence-corrected chi connectivity index (χ4v) is 2.89. The zero-order chi connectivity index (χ0) is 12.5. The number of carbonyl (C=O) groups excluding carboxylic acids is 1. The zero-order valence-electron chi connectivity index (χ0n) is 9.17. The van der Waals surface area contributed by atoms with Crippen LogP contribution in [0.15, 0.2) is 12.4 Å². The number of nitrogens with two attached hydrogens (primary N) is 1. The van der Waals surface area contributed by atoms with Crippen molar-refractivity contribution in [3.05, 3.63) is 18.2 Å². The Morgan fingerprint density at radius 1 is 1.59 bits per heavy atom. The van der Waals surface area contributed by atoms with Crippen molar-refractivity contribution in [2.24, 2.45) is 11.1 Å². The van der Waals surface area contributed by atoms with E-state index in [4.69, 9.17) is 5.14 Å². The Morgan fingerprint density at radius 3 is 2.94 bits per heavy atom. The summed E-state index contributed by atoms with van der Waals surface area (Å²) in [6, 6.07) is 0. The maximum atomic E-state index is 11.6. The summed E-state index contributed by atoms with van der Waals surface area (Å²) in [4.78, 5) is 20.2. The molecule has 94 valence electrons. The van der Waals surface area contributed by atoms with E-state index >= 15 is 0 Å². The van der Waals surface area contributed by atoms with Crippen molar-refractivity contribution in [3.8, 4) is 0 Å². The van der Waals surface area contributed by atoms with Crippen LogP contribution in [0.25, 0.3) is 0 Å². The predicted octanol–water partition coefficient (Wildman–Crippen LogP) is -0.953. The number of likely N-dealkylation sites (tertiary alicyclic amines) is 1. The molecule has 0 aromatic carbocycles. The van der Waals surface area contributed by atoms with E-state index in [-0.39, 0.29) is 24.0 Å². The van der Waals surface area contributed by atoms with Crippen molar-refractivity contribution in [3.63, 3.8) is 0 Å². The number of nitrogens with one attached hydrogen (secondary N) is 1. The quantitative estimate of drug-likeness (QED) is 0.725. The summed E-state index contributed by atoms with van der Waals surface area (Å²) < 4.78 is 21.9. The lowest BCUT2D eigenvalue weighted by atomic mass is 10.1. The number of hydrogen-bond acceptors (Lipinski definition) is 4. The van der Waals surface area contributed by atoms with Crippen molar-refractivity contribution in [1.82, 2.24) is 14.9 Å². The summed E-state index contributed by atoms with van der Waals surface area (Å²) in [7, 11) is -3.52. The second-order valence-corrected chi connectivity index (χ2v) is 5.87. The van der Waals surface area contributed by atoms with Gasteiger partial charge in [-0.3, -0.25) is 4.79 Å². The summed E-state index contributed by atoms with van der Waals surface area (Å²) in [5.41, 5.74) is 0. The number of imidazole rings is 1. The van der Waals surface area contributed by atoms with Crippen molar-refractivity contribution in [1.29, 1.82) is 0 Å². The second-order valence-electron chi connectivity index (χ2n) is 4.21. The molecule has 1 unspecified atom stereocenters. The van der Waals surface area contributed by atoms with Gasteiger partial charge >= 0.3 is 0 Å². The highest BCUT2D eigenvalue weighted by Gasteiger charge is 2.32. The van der Waals surface area contributed by atoms with E-state index in [1.807, 2.05) is 0 Å². The molecule has 0 spiro atoms. The highest BCUT2D eigenvalue weighted by atomic mass is 32.2. The van der Waals surface area contributed by atoms with Crippen molar-refractivity contribution >= 4 is 15.9 Å². The largest absolute Gasteiger partial charge is 0.347 e. The SMILES string of the molecule is NS(=O)(=O)CC1CC(=O)N(Cc2ncc[nH]2)C1. The number of hydrogen-bond donors (Lipinski definition) is 2. The van der Waals surface area contributed by atoms with Gasteiger partial charge in [0.1, 0.15) is 5.82 Å². The van der Waals surface area contributed by atoms with Gasteiger partial charge in [-0.15, -0.1) is 0 Å². The number of nitrogens with zero attached hydrogens (tertiary/aromatic N) is 2. The minimum atomic E-state index is -3.52. The second kappa shape index (κ2) is 4.46. The van der Waals surface area contributed by atoms with Crippen molar-refractivity contribution in [2.45, 2.75) is 13.0 Å². The first-order valence-corrected chi connectivity index (χ1v) is 6.92. The molecular weight excluding hydrogens is 244 g/mol. The first-order valence-electron chi connectivity index (χ1n) is 5.20. The predicted molar refractivity (Wildman–Crippen MR) is 60.1 cm³/mol. The molecule has 0 radical (unpaired) electrons. The standard InChI is InChI=1S/C9H14N4O3S/c10-17(15,16)6-7-3-9(14)13(4-7)5-8-11-1-2-12-8/h1-2,7H,3-6H2,(H,11,12)(H2,10,15,16). The number of sulfonamides is 1. The van der Waals surface area contributed by atoms with Crippen LogP contribution in [0.4, 0.5) is 0 Å². The first kappa shape index (κ1) is 12.1.